The monoisotopic (exact) mass is 211 g/mol. The van der Waals surface area contributed by atoms with Gasteiger partial charge in [-0.25, -0.2) is 0 Å². The normalized spacial score (nSPS) is 10.5. The summed E-state index contributed by atoms with van der Waals surface area (Å²) < 4.78 is 0. The van der Waals surface area contributed by atoms with Crippen LogP contribution in [0.5, 0.6) is 0 Å². The summed E-state index contributed by atoms with van der Waals surface area (Å²) in [5.41, 5.74) is 2.86. The standard InChI is InChI=1S/C14H22N.Li/c1-4-5-6-9-12-15(3)14-11-8-7-10-13(14)2;/h7-8,10-11H,2,4-6,9,12H2,1,3H3;. The van der Waals surface area contributed by atoms with E-state index in [-0.39, 0.29) is 0 Å². The first-order valence-electron chi connectivity index (χ1n) is 6.58. The summed E-state index contributed by atoms with van der Waals surface area (Å²) in [4.78, 5) is 2.40. The van der Waals surface area contributed by atoms with Gasteiger partial charge in [-0.15, -0.1) is 0 Å². The molecule has 0 bridgehead atoms. The third-order valence-corrected chi connectivity index (χ3v) is 3.13. The molecule has 0 aliphatic heterocycles. The second-order valence-electron chi connectivity index (χ2n) is 4.46. The van der Waals surface area contributed by atoms with Crippen LogP contribution in [-0.4, -0.2) is 31.3 Å². The van der Waals surface area contributed by atoms with Crippen LogP contribution in [0, 0.1) is 0 Å². The van der Waals surface area contributed by atoms with Gasteiger partial charge in [-0.3, -0.25) is 0 Å². The van der Waals surface area contributed by atoms with Gasteiger partial charge in [-0.1, -0.05) is 0 Å². The maximum atomic E-state index is 2.40. The molecule has 1 aromatic carbocycles. The fraction of sp³-hybridized carbons (Fsp3) is 0.571. The zero-order valence-corrected chi connectivity index (χ0v) is 11.0. The molecule has 0 amide bonds. The fourth-order valence-electron chi connectivity index (χ4n) is 2.08. The van der Waals surface area contributed by atoms with Crippen molar-refractivity contribution in [1.29, 1.82) is 0 Å². The number of hydrogen-bond donors (Lipinski definition) is 0. The van der Waals surface area contributed by atoms with Crippen molar-refractivity contribution in [1.82, 2.24) is 0 Å². The summed E-state index contributed by atoms with van der Waals surface area (Å²) in [6.07, 6.45) is 5.34. The number of rotatable bonds is 7. The molecule has 1 rings (SSSR count). The van der Waals surface area contributed by atoms with Crippen LogP contribution in [0.25, 0.3) is 0 Å². The van der Waals surface area contributed by atoms with Gasteiger partial charge >= 0.3 is 109 Å². The molecule has 0 aliphatic rings. The van der Waals surface area contributed by atoms with E-state index >= 15 is 0 Å². The summed E-state index contributed by atoms with van der Waals surface area (Å²) in [7, 11) is 2.21. The number of hydrogen-bond acceptors (Lipinski definition) is 1. The van der Waals surface area contributed by atoms with Crippen molar-refractivity contribution >= 4 is 23.4 Å². The van der Waals surface area contributed by atoms with Crippen LogP contribution in [0.3, 0.4) is 0 Å². The predicted octanol–water partition coefficient (Wildman–Crippen LogP) is 3.37. The summed E-state index contributed by atoms with van der Waals surface area (Å²) in [6, 6.07) is 8.74. The Morgan fingerprint density at radius 2 is 1.88 bits per heavy atom. The number of para-hydroxylation sites is 1. The van der Waals surface area contributed by atoms with E-state index < -0.39 is 0 Å². The van der Waals surface area contributed by atoms with Crippen LogP contribution in [0.1, 0.15) is 38.2 Å². The SMILES string of the molecule is [Li][CH2]c1ccccc1N(C)CCCCCC. The van der Waals surface area contributed by atoms with Crippen molar-refractivity contribution in [2.45, 2.75) is 37.7 Å². The van der Waals surface area contributed by atoms with E-state index in [1.807, 2.05) is 0 Å². The number of unbranched alkanes of at least 4 members (excludes halogenated alkanes) is 3. The second-order valence-corrected chi connectivity index (χ2v) is 4.46. The van der Waals surface area contributed by atoms with E-state index in [1.54, 1.807) is 0 Å². The van der Waals surface area contributed by atoms with Gasteiger partial charge in [0.2, 0.25) is 0 Å². The molecule has 0 saturated carbocycles. The Kier molecular flexibility index (Phi) is 6.69. The number of benzene rings is 1. The zero-order valence-electron chi connectivity index (χ0n) is 11.0. The van der Waals surface area contributed by atoms with E-state index in [4.69, 9.17) is 0 Å². The molecule has 0 atom stereocenters. The van der Waals surface area contributed by atoms with Gasteiger partial charge in [0.1, 0.15) is 0 Å². The minimum atomic E-state index is 1.12. The molecule has 2 heteroatoms. The molecule has 84 valence electrons. The average molecular weight is 211 g/mol. The molecule has 0 fully saturated rings. The fourth-order valence-corrected chi connectivity index (χ4v) is 2.08. The summed E-state index contributed by atoms with van der Waals surface area (Å²) in [6.45, 7) is 3.44. The van der Waals surface area contributed by atoms with Crippen molar-refractivity contribution in [3.63, 3.8) is 0 Å². The number of nitrogens with zero attached hydrogens (tertiary/aromatic N) is 1. The van der Waals surface area contributed by atoms with Gasteiger partial charge in [0.05, 0.1) is 0 Å². The van der Waals surface area contributed by atoms with Crippen LogP contribution in [0.15, 0.2) is 24.3 Å². The van der Waals surface area contributed by atoms with E-state index in [2.05, 4.69) is 60.9 Å². The topological polar surface area (TPSA) is 3.24 Å². The average Bonchev–Trinajstić information content (AvgIpc) is 2.34. The van der Waals surface area contributed by atoms with Gasteiger partial charge in [0.25, 0.3) is 0 Å². The van der Waals surface area contributed by atoms with Crippen molar-refractivity contribution < 1.29 is 0 Å². The first-order chi connectivity index (χ1) is 7.79. The molecule has 1 nitrogen and oxygen atoms in total. The molecule has 0 aromatic heterocycles. The molecule has 16 heavy (non-hydrogen) atoms. The Balaban J connectivity index is 2.48. The molecular formula is C14H22LiN. The van der Waals surface area contributed by atoms with Crippen LogP contribution < -0.4 is 4.90 Å². The van der Waals surface area contributed by atoms with Crippen LogP contribution in [-0.2, 0) is 5.09 Å². The molecule has 0 saturated heterocycles. The van der Waals surface area contributed by atoms with Crippen LogP contribution in [0.2, 0.25) is 0 Å². The molecule has 0 radical (unpaired) electrons. The Bertz CT molecular complexity index is 299. The van der Waals surface area contributed by atoms with Crippen LogP contribution >= 0.6 is 0 Å². The molecule has 0 spiro atoms. The van der Waals surface area contributed by atoms with Crippen molar-refractivity contribution in [2.24, 2.45) is 0 Å². The first kappa shape index (κ1) is 13.7. The Labute approximate surface area is 109 Å². The van der Waals surface area contributed by atoms with E-state index in [0.29, 0.717) is 0 Å². The molecule has 0 heterocycles. The van der Waals surface area contributed by atoms with Gasteiger partial charge in [-0.2, -0.15) is 0 Å². The third-order valence-electron chi connectivity index (χ3n) is 3.13. The van der Waals surface area contributed by atoms with E-state index in [0.717, 1.165) is 5.09 Å². The quantitative estimate of drug-likeness (QED) is 0.493. The molecular weight excluding hydrogens is 189 g/mol. The Morgan fingerprint density at radius 1 is 1.12 bits per heavy atom. The number of anilines is 1. The van der Waals surface area contributed by atoms with Crippen LogP contribution in [0.4, 0.5) is 5.69 Å². The van der Waals surface area contributed by atoms with Gasteiger partial charge < -0.3 is 0 Å². The first-order valence-corrected chi connectivity index (χ1v) is 6.58. The van der Waals surface area contributed by atoms with Crippen molar-refractivity contribution in [3.05, 3.63) is 29.8 Å². The van der Waals surface area contributed by atoms with Gasteiger partial charge in [-0.05, 0) is 0 Å². The van der Waals surface area contributed by atoms with E-state index in [9.17, 15) is 0 Å². The second kappa shape index (κ2) is 7.82. The van der Waals surface area contributed by atoms with Gasteiger partial charge in [0, 0.05) is 0 Å². The minimum absolute atomic E-state index is 1.12. The third kappa shape index (κ3) is 4.24. The molecule has 0 aliphatic carbocycles. The molecule has 1 aromatic rings. The van der Waals surface area contributed by atoms with Gasteiger partial charge in [0.15, 0.2) is 0 Å². The Morgan fingerprint density at radius 3 is 2.56 bits per heavy atom. The Hall–Kier alpha value is -0.383. The summed E-state index contributed by atoms with van der Waals surface area (Å²) in [5.74, 6) is 0. The molecule has 0 N–H and O–H groups in total. The van der Waals surface area contributed by atoms with Crippen molar-refractivity contribution in [3.8, 4) is 0 Å². The summed E-state index contributed by atoms with van der Waals surface area (Å²) >= 11 is 2.23. The zero-order chi connectivity index (χ0) is 11.8. The summed E-state index contributed by atoms with van der Waals surface area (Å²) in [5, 5.41) is 1.12. The van der Waals surface area contributed by atoms with E-state index in [1.165, 1.54) is 43.5 Å². The maximum absolute atomic E-state index is 2.40. The molecule has 0 unspecified atom stereocenters. The predicted molar refractivity (Wildman–Crippen MR) is 73.3 cm³/mol. The van der Waals surface area contributed by atoms with Crippen molar-refractivity contribution in [2.75, 3.05) is 18.5 Å².